The number of benzene rings is 1. The summed E-state index contributed by atoms with van der Waals surface area (Å²) in [4.78, 5) is 14.9. The number of hydrogen-bond donors (Lipinski definition) is 2. The van der Waals surface area contributed by atoms with Crippen molar-refractivity contribution in [3.63, 3.8) is 0 Å². The van der Waals surface area contributed by atoms with E-state index in [1.165, 1.54) is 11.1 Å². The molecule has 0 aliphatic rings. The van der Waals surface area contributed by atoms with E-state index in [9.17, 15) is 15.0 Å². The SMILES string of the molecule is CCCCCc1cc(O)c(CC=C(C)CCC=C(C)C)c(O)c1C(=O)N(CC)CC. The van der Waals surface area contributed by atoms with Crippen molar-refractivity contribution >= 4 is 5.91 Å². The molecule has 0 aliphatic heterocycles. The van der Waals surface area contributed by atoms with Crippen molar-refractivity contribution in [1.82, 2.24) is 4.90 Å². The molecule has 1 amide bonds. The van der Waals surface area contributed by atoms with Gasteiger partial charge in [0, 0.05) is 18.7 Å². The third-order valence-corrected chi connectivity index (χ3v) is 5.52. The Morgan fingerprint density at radius 1 is 1.03 bits per heavy atom. The summed E-state index contributed by atoms with van der Waals surface area (Å²) in [6.07, 6.45) is 10.3. The number of carbonyl (C=O) groups excluding carboxylic acids is 1. The van der Waals surface area contributed by atoms with Crippen molar-refractivity contribution in [2.75, 3.05) is 13.1 Å². The molecule has 1 aromatic carbocycles. The molecule has 0 heterocycles. The highest BCUT2D eigenvalue weighted by Gasteiger charge is 2.24. The second kappa shape index (κ2) is 13.1. The lowest BCUT2D eigenvalue weighted by molar-refractivity contribution is 0.0768. The smallest absolute Gasteiger partial charge is 0.257 e. The zero-order valence-corrected chi connectivity index (χ0v) is 19.8. The number of nitrogens with zero attached hydrogens (tertiary/aromatic N) is 1. The summed E-state index contributed by atoms with van der Waals surface area (Å²) < 4.78 is 0. The Kier molecular flexibility index (Phi) is 11.3. The lowest BCUT2D eigenvalue weighted by Crippen LogP contribution is -2.31. The van der Waals surface area contributed by atoms with E-state index in [1.54, 1.807) is 11.0 Å². The van der Waals surface area contributed by atoms with Crippen LogP contribution in [0, 0.1) is 0 Å². The van der Waals surface area contributed by atoms with Crippen molar-refractivity contribution in [1.29, 1.82) is 0 Å². The molecule has 0 spiro atoms. The van der Waals surface area contributed by atoms with Gasteiger partial charge in [-0.25, -0.2) is 0 Å². The molecule has 0 unspecified atom stereocenters. The predicted octanol–water partition coefficient (Wildman–Crippen LogP) is 6.55. The van der Waals surface area contributed by atoms with E-state index in [-0.39, 0.29) is 17.4 Å². The third kappa shape index (κ3) is 7.55. The van der Waals surface area contributed by atoms with Gasteiger partial charge in [-0.1, -0.05) is 43.1 Å². The molecule has 2 N–H and O–H groups in total. The quantitative estimate of drug-likeness (QED) is 0.301. The molecule has 0 aliphatic carbocycles. The first kappa shape index (κ1) is 25.8. The number of amides is 1. The maximum atomic E-state index is 13.2. The molecule has 0 bridgehead atoms. The molecule has 0 atom stereocenters. The summed E-state index contributed by atoms with van der Waals surface area (Å²) in [6, 6.07) is 1.69. The van der Waals surface area contributed by atoms with Crippen molar-refractivity contribution in [2.45, 2.75) is 86.5 Å². The minimum atomic E-state index is -0.158. The van der Waals surface area contributed by atoms with Crippen LogP contribution in [0.25, 0.3) is 0 Å². The first-order chi connectivity index (χ1) is 14.3. The van der Waals surface area contributed by atoms with Gasteiger partial charge >= 0.3 is 0 Å². The van der Waals surface area contributed by atoms with Gasteiger partial charge in [0.15, 0.2) is 0 Å². The highest BCUT2D eigenvalue weighted by molar-refractivity contribution is 5.99. The Morgan fingerprint density at radius 3 is 2.27 bits per heavy atom. The molecule has 30 heavy (non-hydrogen) atoms. The van der Waals surface area contributed by atoms with Gasteiger partial charge in [-0.3, -0.25) is 4.79 Å². The molecular formula is C26H41NO3. The number of allylic oxidation sites excluding steroid dienone is 4. The monoisotopic (exact) mass is 415 g/mol. The second-order valence-corrected chi connectivity index (χ2v) is 8.27. The van der Waals surface area contributed by atoms with Gasteiger partial charge in [0.1, 0.15) is 11.5 Å². The largest absolute Gasteiger partial charge is 0.508 e. The zero-order chi connectivity index (χ0) is 22.7. The van der Waals surface area contributed by atoms with Crippen LogP contribution in [0.5, 0.6) is 11.5 Å². The van der Waals surface area contributed by atoms with Crippen LogP contribution in [-0.4, -0.2) is 34.1 Å². The second-order valence-electron chi connectivity index (χ2n) is 8.27. The molecule has 4 heteroatoms. The summed E-state index contributed by atoms with van der Waals surface area (Å²) in [7, 11) is 0. The average Bonchev–Trinajstić information content (AvgIpc) is 2.68. The highest BCUT2D eigenvalue weighted by Crippen LogP contribution is 2.36. The fraction of sp³-hybridized carbons (Fsp3) is 0.577. The molecule has 0 fully saturated rings. The van der Waals surface area contributed by atoms with Crippen LogP contribution in [0.15, 0.2) is 29.4 Å². The molecule has 1 aromatic rings. The zero-order valence-electron chi connectivity index (χ0n) is 19.8. The Labute approximate surface area is 183 Å². The van der Waals surface area contributed by atoms with Crippen molar-refractivity contribution in [3.8, 4) is 11.5 Å². The number of carbonyl (C=O) groups is 1. The lowest BCUT2D eigenvalue weighted by atomic mass is 9.94. The van der Waals surface area contributed by atoms with E-state index in [0.29, 0.717) is 37.1 Å². The van der Waals surface area contributed by atoms with Gasteiger partial charge in [0.2, 0.25) is 0 Å². The summed E-state index contributed by atoms with van der Waals surface area (Å²) in [6.45, 7) is 13.4. The van der Waals surface area contributed by atoms with Crippen LogP contribution in [-0.2, 0) is 12.8 Å². The van der Waals surface area contributed by atoms with Gasteiger partial charge < -0.3 is 15.1 Å². The first-order valence-electron chi connectivity index (χ1n) is 11.4. The van der Waals surface area contributed by atoms with Crippen LogP contribution < -0.4 is 0 Å². The van der Waals surface area contributed by atoms with Crippen LogP contribution in [0.1, 0.15) is 95.1 Å². The number of hydrogen-bond acceptors (Lipinski definition) is 3. The maximum absolute atomic E-state index is 13.2. The Balaban J connectivity index is 3.26. The van der Waals surface area contributed by atoms with Crippen molar-refractivity contribution < 1.29 is 15.0 Å². The van der Waals surface area contributed by atoms with Crippen LogP contribution in [0.4, 0.5) is 0 Å². The Bertz CT molecular complexity index is 754. The lowest BCUT2D eigenvalue weighted by Gasteiger charge is -2.23. The van der Waals surface area contributed by atoms with Crippen molar-refractivity contribution in [2.24, 2.45) is 0 Å². The Morgan fingerprint density at radius 2 is 1.70 bits per heavy atom. The number of unbranched alkanes of at least 4 members (excludes halogenated alkanes) is 2. The first-order valence-corrected chi connectivity index (χ1v) is 11.4. The molecule has 0 radical (unpaired) electrons. The summed E-state index contributed by atoms with van der Waals surface area (Å²) in [5, 5.41) is 21.7. The summed E-state index contributed by atoms with van der Waals surface area (Å²) in [5.41, 5.74) is 4.04. The maximum Gasteiger partial charge on any atom is 0.257 e. The molecule has 4 nitrogen and oxygen atoms in total. The van der Waals surface area contributed by atoms with Crippen LogP contribution >= 0.6 is 0 Å². The third-order valence-electron chi connectivity index (χ3n) is 5.52. The van der Waals surface area contributed by atoms with Crippen molar-refractivity contribution in [3.05, 3.63) is 46.1 Å². The van der Waals surface area contributed by atoms with Gasteiger partial charge in [-0.2, -0.15) is 0 Å². The van der Waals surface area contributed by atoms with E-state index in [2.05, 4.69) is 33.8 Å². The highest BCUT2D eigenvalue weighted by atomic mass is 16.3. The standard InChI is InChI=1S/C26H41NO3/c1-7-10-11-15-21-18-23(28)22(17-16-20(6)14-12-13-19(4)5)25(29)24(21)26(30)27(8-2)9-3/h13,16,18,28-29H,7-12,14-15,17H2,1-6H3. The van der Waals surface area contributed by atoms with Gasteiger partial charge in [0.25, 0.3) is 5.91 Å². The number of aryl methyl sites for hydroxylation is 1. The molecule has 0 saturated heterocycles. The normalized spacial score (nSPS) is 11.5. The molecular weight excluding hydrogens is 374 g/mol. The van der Waals surface area contributed by atoms with Gasteiger partial charge in [0.05, 0.1) is 5.56 Å². The van der Waals surface area contributed by atoms with E-state index in [4.69, 9.17) is 0 Å². The summed E-state index contributed by atoms with van der Waals surface area (Å²) in [5.74, 6) is -0.148. The predicted molar refractivity (Wildman–Crippen MR) is 126 cm³/mol. The van der Waals surface area contributed by atoms with Crippen LogP contribution in [0.2, 0.25) is 0 Å². The minimum Gasteiger partial charge on any atom is -0.508 e. The van der Waals surface area contributed by atoms with E-state index >= 15 is 0 Å². The molecule has 0 aromatic heterocycles. The number of phenols is 2. The average molecular weight is 416 g/mol. The van der Waals surface area contributed by atoms with E-state index < -0.39 is 0 Å². The van der Waals surface area contributed by atoms with E-state index in [0.717, 1.165) is 37.7 Å². The fourth-order valence-corrected chi connectivity index (χ4v) is 3.59. The van der Waals surface area contributed by atoms with Gasteiger partial charge in [-0.15, -0.1) is 0 Å². The minimum absolute atomic E-state index is 0.0632. The fourth-order valence-electron chi connectivity index (χ4n) is 3.59. The number of phenolic OH excluding ortho intramolecular Hbond substituents is 2. The molecule has 1 rings (SSSR count). The number of aromatic hydroxyl groups is 2. The molecule has 0 saturated carbocycles. The van der Waals surface area contributed by atoms with Gasteiger partial charge in [-0.05, 0) is 78.4 Å². The molecule has 168 valence electrons. The Hall–Kier alpha value is -2.23. The van der Waals surface area contributed by atoms with Crippen LogP contribution in [0.3, 0.4) is 0 Å². The topological polar surface area (TPSA) is 60.8 Å². The number of rotatable bonds is 12. The summed E-state index contributed by atoms with van der Waals surface area (Å²) >= 11 is 0. The van der Waals surface area contributed by atoms with E-state index in [1.807, 2.05) is 19.9 Å².